The van der Waals surface area contributed by atoms with Gasteiger partial charge in [-0.3, -0.25) is 4.79 Å². The van der Waals surface area contributed by atoms with Crippen LogP contribution in [0.15, 0.2) is 18.2 Å². The molecule has 1 fully saturated rings. The zero-order valence-corrected chi connectivity index (χ0v) is 11.7. The average Bonchev–Trinajstić information content (AvgIpc) is 2.86. The molecule has 0 radical (unpaired) electrons. The van der Waals surface area contributed by atoms with Crippen LogP contribution in [0.4, 0.5) is 8.78 Å². The number of hydrogen-bond acceptors (Lipinski definition) is 3. The van der Waals surface area contributed by atoms with Gasteiger partial charge in [0.2, 0.25) is 0 Å². The third-order valence-electron chi connectivity index (χ3n) is 3.34. The number of carbonyl (C=O) groups excluding carboxylic acids is 1. The third kappa shape index (κ3) is 3.76. The maximum absolute atomic E-state index is 13.2. The topological polar surface area (TPSA) is 38.3 Å². The van der Waals surface area contributed by atoms with E-state index in [9.17, 15) is 13.6 Å². The summed E-state index contributed by atoms with van der Waals surface area (Å²) in [6.07, 6.45) is 2.08. The van der Waals surface area contributed by atoms with Gasteiger partial charge in [-0.1, -0.05) is 6.07 Å². The summed E-state index contributed by atoms with van der Waals surface area (Å²) < 4.78 is 31.5. The second-order valence-corrected chi connectivity index (χ2v) is 5.75. The Kier molecular flexibility index (Phi) is 4.38. The molecule has 5 heteroatoms. The minimum absolute atomic E-state index is 0.251. The van der Waals surface area contributed by atoms with Crippen LogP contribution in [0.3, 0.4) is 0 Å². The Balaban J connectivity index is 1.98. The minimum Gasteiger partial charge on any atom is -0.458 e. The lowest BCUT2D eigenvalue weighted by atomic mass is 9.98. The first-order chi connectivity index (χ1) is 9.37. The van der Waals surface area contributed by atoms with Crippen molar-refractivity contribution in [2.45, 2.75) is 44.8 Å². The summed E-state index contributed by atoms with van der Waals surface area (Å²) in [7, 11) is 0. The fourth-order valence-electron chi connectivity index (χ4n) is 2.41. The van der Waals surface area contributed by atoms with E-state index < -0.39 is 17.2 Å². The second-order valence-electron chi connectivity index (χ2n) is 5.75. The van der Waals surface area contributed by atoms with Crippen molar-refractivity contribution in [1.29, 1.82) is 0 Å². The van der Waals surface area contributed by atoms with Crippen LogP contribution in [0.5, 0.6) is 0 Å². The Morgan fingerprint density at radius 1 is 1.40 bits per heavy atom. The third-order valence-corrected chi connectivity index (χ3v) is 3.34. The van der Waals surface area contributed by atoms with E-state index in [2.05, 4.69) is 5.32 Å². The average molecular weight is 283 g/mol. The minimum atomic E-state index is -0.887. The number of carbonyl (C=O) groups is 1. The predicted octanol–water partition coefficient (Wildman–Crippen LogP) is 2.58. The molecule has 0 aromatic heterocycles. The molecule has 0 aliphatic carbocycles. The molecule has 1 aromatic rings. The van der Waals surface area contributed by atoms with E-state index in [4.69, 9.17) is 4.74 Å². The summed E-state index contributed by atoms with van der Waals surface area (Å²) in [5.41, 5.74) is -0.160. The highest BCUT2D eigenvalue weighted by Crippen LogP contribution is 2.20. The van der Waals surface area contributed by atoms with Crippen molar-refractivity contribution in [1.82, 2.24) is 5.32 Å². The molecule has 1 heterocycles. The molecule has 1 aliphatic rings. The molecule has 1 aromatic carbocycles. The van der Waals surface area contributed by atoms with Crippen LogP contribution in [-0.2, 0) is 16.0 Å². The molecule has 110 valence electrons. The molecule has 1 atom stereocenters. The van der Waals surface area contributed by atoms with Gasteiger partial charge in [-0.2, -0.15) is 0 Å². The molecule has 1 aliphatic heterocycles. The van der Waals surface area contributed by atoms with Gasteiger partial charge in [0, 0.05) is 6.42 Å². The Morgan fingerprint density at radius 2 is 2.15 bits per heavy atom. The fourth-order valence-corrected chi connectivity index (χ4v) is 2.41. The lowest BCUT2D eigenvalue weighted by Crippen LogP contribution is -2.39. The SMILES string of the molecule is CC(C)(Cc1ccc(F)c(F)c1)OC(=O)C1CCCN1. The maximum atomic E-state index is 13.2. The van der Waals surface area contributed by atoms with E-state index in [0.717, 1.165) is 31.5 Å². The van der Waals surface area contributed by atoms with E-state index >= 15 is 0 Å². The molecule has 0 amide bonds. The first-order valence-electron chi connectivity index (χ1n) is 6.77. The van der Waals surface area contributed by atoms with Gasteiger partial charge in [0.15, 0.2) is 11.6 Å². The number of benzene rings is 1. The molecule has 1 N–H and O–H groups in total. The monoisotopic (exact) mass is 283 g/mol. The number of ether oxygens (including phenoxy) is 1. The molecule has 1 saturated heterocycles. The number of hydrogen-bond donors (Lipinski definition) is 1. The quantitative estimate of drug-likeness (QED) is 0.863. The van der Waals surface area contributed by atoms with Gasteiger partial charge in [-0.25, -0.2) is 8.78 Å². The zero-order valence-electron chi connectivity index (χ0n) is 11.7. The van der Waals surface area contributed by atoms with Crippen LogP contribution >= 0.6 is 0 Å². The summed E-state index contributed by atoms with van der Waals surface area (Å²) in [5, 5.41) is 3.08. The lowest BCUT2D eigenvalue weighted by Gasteiger charge is -2.27. The van der Waals surface area contributed by atoms with E-state index in [-0.39, 0.29) is 12.0 Å². The summed E-state index contributed by atoms with van der Waals surface area (Å²) in [6.45, 7) is 4.35. The van der Waals surface area contributed by atoms with Crippen molar-refractivity contribution in [3.8, 4) is 0 Å². The fraction of sp³-hybridized carbons (Fsp3) is 0.533. The number of esters is 1. The summed E-state index contributed by atoms with van der Waals surface area (Å²) in [4.78, 5) is 12.0. The Bertz CT molecular complexity index is 497. The van der Waals surface area contributed by atoms with Crippen molar-refractivity contribution < 1.29 is 18.3 Å². The molecule has 1 unspecified atom stereocenters. The Morgan fingerprint density at radius 3 is 2.75 bits per heavy atom. The van der Waals surface area contributed by atoms with E-state index in [1.165, 1.54) is 6.07 Å². The number of nitrogens with one attached hydrogen (secondary N) is 1. The molecule has 3 nitrogen and oxygen atoms in total. The number of rotatable bonds is 4. The van der Waals surface area contributed by atoms with Crippen LogP contribution in [0.2, 0.25) is 0 Å². The summed E-state index contributed by atoms with van der Waals surface area (Å²) >= 11 is 0. The Labute approximate surface area is 117 Å². The van der Waals surface area contributed by atoms with Gasteiger partial charge >= 0.3 is 5.97 Å². The molecule has 2 rings (SSSR count). The lowest BCUT2D eigenvalue weighted by molar-refractivity contribution is -0.158. The molecule has 0 spiro atoms. The van der Waals surface area contributed by atoms with Gasteiger partial charge in [-0.15, -0.1) is 0 Å². The second kappa shape index (κ2) is 5.87. The van der Waals surface area contributed by atoms with Crippen molar-refractivity contribution in [2.75, 3.05) is 6.54 Å². The van der Waals surface area contributed by atoms with Crippen LogP contribution in [0.1, 0.15) is 32.3 Å². The van der Waals surface area contributed by atoms with Gasteiger partial charge in [0.05, 0.1) is 0 Å². The first kappa shape index (κ1) is 14.9. The van der Waals surface area contributed by atoms with Gasteiger partial charge in [-0.05, 0) is 50.9 Å². The van der Waals surface area contributed by atoms with Crippen LogP contribution < -0.4 is 5.32 Å². The largest absolute Gasteiger partial charge is 0.458 e. The summed E-state index contributed by atoms with van der Waals surface area (Å²) in [6, 6.07) is 3.47. The Hall–Kier alpha value is -1.49. The molecule has 20 heavy (non-hydrogen) atoms. The first-order valence-corrected chi connectivity index (χ1v) is 6.77. The molecule has 0 saturated carbocycles. The highest BCUT2D eigenvalue weighted by atomic mass is 19.2. The van der Waals surface area contributed by atoms with Gasteiger partial charge in [0.1, 0.15) is 11.6 Å². The van der Waals surface area contributed by atoms with E-state index in [1.807, 2.05) is 0 Å². The highest BCUT2D eigenvalue weighted by molar-refractivity contribution is 5.76. The van der Waals surface area contributed by atoms with E-state index in [0.29, 0.717) is 12.0 Å². The number of halogens is 2. The molecular formula is C15H19F2NO2. The summed E-state index contributed by atoms with van der Waals surface area (Å²) in [5.74, 6) is -2.05. The standard InChI is InChI=1S/C15H19F2NO2/c1-15(2,20-14(19)13-4-3-7-18-13)9-10-5-6-11(16)12(17)8-10/h5-6,8,13,18H,3-4,7,9H2,1-2H3. The van der Waals surface area contributed by atoms with Crippen molar-refractivity contribution in [3.63, 3.8) is 0 Å². The smallest absolute Gasteiger partial charge is 0.323 e. The van der Waals surface area contributed by atoms with Gasteiger partial charge in [0.25, 0.3) is 0 Å². The van der Waals surface area contributed by atoms with E-state index in [1.54, 1.807) is 13.8 Å². The molecule has 0 bridgehead atoms. The predicted molar refractivity (Wildman–Crippen MR) is 71.3 cm³/mol. The van der Waals surface area contributed by atoms with Gasteiger partial charge < -0.3 is 10.1 Å². The highest BCUT2D eigenvalue weighted by Gasteiger charge is 2.30. The normalized spacial score (nSPS) is 19.1. The van der Waals surface area contributed by atoms with Crippen molar-refractivity contribution in [3.05, 3.63) is 35.4 Å². The zero-order chi connectivity index (χ0) is 14.8. The van der Waals surface area contributed by atoms with Crippen LogP contribution in [0.25, 0.3) is 0 Å². The van der Waals surface area contributed by atoms with Crippen molar-refractivity contribution in [2.24, 2.45) is 0 Å². The van der Waals surface area contributed by atoms with Crippen molar-refractivity contribution >= 4 is 5.97 Å². The molecular weight excluding hydrogens is 264 g/mol. The van der Waals surface area contributed by atoms with Crippen LogP contribution in [0, 0.1) is 11.6 Å². The van der Waals surface area contributed by atoms with Crippen LogP contribution in [-0.4, -0.2) is 24.2 Å². The maximum Gasteiger partial charge on any atom is 0.323 e.